The lowest BCUT2D eigenvalue weighted by Crippen LogP contribution is -2.25. The second-order valence-corrected chi connectivity index (χ2v) is 6.87. The van der Waals surface area contributed by atoms with E-state index in [0.717, 1.165) is 0 Å². The van der Waals surface area contributed by atoms with E-state index in [4.69, 9.17) is 24.7 Å². The Hall–Kier alpha value is -3.19. The fraction of sp³-hybridized carbons (Fsp3) is 0.350. The molecule has 1 aromatic carbocycles. The highest BCUT2D eigenvalue weighted by Gasteiger charge is 2.37. The van der Waals surface area contributed by atoms with Gasteiger partial charge in [-0.3, -0.25) is 0 Å². The van der Waals surface area contributed by atoms with Crippen LogP contribution in [0.25, 0.3) is 0 Å². The van der Waals surface area contributed by atoms with Crippen molar-refractivity contribution in [3.63, 3.8) is 0 Å². The molecule has 1 unspecified atom stereocenters. The predicted octanol–water partition coefficient (Wildman–Crippen LogP) is 2.65. The number of carbonyl (C=O) groups is 2. The van der Waals surface area contributed by atoms with Gasteiger partial charge in [0.1, 0.15) is 17.4 Å². The maximum atomic E-state index is 12.6. The number of halogens is 1. The van der Waals surface area contributed by atoms with Gasteiger partial charge in [0.2, 0.25) is 5.88 Å². The van der Waals surface area contributed by atoms with Crippen LogP contribution in [-0.2, 0) is 23.8 Å². The highest BCUT2D eigenvalue weighted by Crippen LogP contribution is 2.45. The normalized spacial score (nSPS) is 15.8. The number of hydrogen-bond donors (Lipinski definition) is 1. The average Bonchev–Trinajstić information content (AvgIpc) is 2.71. The fourth-order valence-corrected chi connectivity index (χ4v) is 3.50. The van der Waals surface area contributed by atoms with Gasteiger partial charge >= 0.3 is 11.9 Å². The number of carbonyl (C=O) groups excluding carboxylic acids is 2. The molecule has 1 aliphatic heterocycles. The molecule has 2 rings (SSSR count). The van der Waals surface area contributed by atoms with E-state index in [2.05, 4.69) is 20.7 Å². The Kier molecular flexibility index (Phi) is 7.72. The topological polar surface area (TPSA) is 130 Å². The first-order chi connectivity index (χ1) is 14.3. The number of hydrogen-bond acceptors (Lipinski definition) is 9. The van der Waals surface area contributed by atoms with Crippen molar-refractivity contribution in [2.75, 3.05) is 27.4 Å². The van der Waals surface area contributed by atoms with Crippen molar-refractivity contribution >= 4 is 27.9 Å². The highest BCUT2D eigenvalue weighted by molar-refractivity contribution is 9.10. The van der Waals surface area contributed by atoms with E-state index < -0.39 is 17.9 Å². The Labute approximate surface area is 182 Å². The Morgan fingerprint density at radius 3 is 2.60 bits per heavy atom. The molecular formula is C20H21BrN2O7. The summed E-state index contributed by atoms with van der Waals surface area (Å²) in [5.41, 5.74) is 6.63. The van der Waals surface area contributed by atoms with Gasteiger partial charge in [-0.25, -0.2) is 9.59 Å². The summed E-state index contributed by atoms with van der Waals surface area (Å²) >= 11 is 3.39. The second-order valence-electron chi connectivity index (χ2n) is 6.01. The van der Waals surface area contributed by atoms with E-state index in [0.29, 0.717) is 10.0 Å². The lowest BCUT2D eigenvalue weighted by atomic mass is 9.83. The summed E-state index contributed by atoms with van der Waals surface area (Å²) in [7, 11) is 2.67. The smallest absolute Gasteiger partial charge is 0.343 e. The zero-order valence-corrected chi connectivity index (χ0v) is 18.5. The van der Waals surface area contributed by atoms with Crippen LogP contribution in [0, 0.1) is 11.3 Å². The summed E-state index contributed by atoms with van der Waals surface area (Å²) in [6, 6.07) is 5.24. The van der Waals surface area contributed by atoms with Crippen molar-refractivity contribution in [2.45, 2.75) is 19.8 Å². The van der Waals surface area contributed by atoms with Gasteiger partial charge in [0.15, 0.2) is 18.1 Å². The minimum Gasteiger partial charge on any atom is -0.493 e. The fourth-order valence-electron chi connectivity index (χ4n) is 2.92. The molecule has 0 saturated heterocycles. The van der Waals surface area contributed by atoms with E-state index in [9.17, 15) is 14.9 Å². The minimum atomic E-state index is -0.845. The van der Waals surface area contributed by atoms with E-state index in [-0.39, 0.29) is 47.5 Å². The molecule has 0 radical (unpaired) electrons. The van der Waals surface area contributed by atoms with Gasteiger partial charge < -0.3 is 29.4 Å². The van der Waals surface area contributed by atoms with Gasteiger partial charge in [0.25, 0.3) is 0 Å². The van der Waals surface area contributed by atoms with Gasteiger partial charge in [0, 0.05) is 0 Å². The number of nitriles is 1. The molecule has 9 nitrogen and oxygen atoms in total. The van der Waals surface area contributed by atoms with Crippen LogP contribution in [-0.4, -0.2) is 39.4 Å². The molecule has 1 aromatic rings. The Bertz CT molecular complexity index is 963. The SMILES string of the molecule is CCOC(=O)C1=C(C)OC(N)=C(C#N)C1c1cc(Br)c(OCC(=O)OC)c(OC)c1. The van der Waals surface area contributed by atoms with Crippen molar-refractivity contribution < 1.29 is 33.3 Å². The number of rotatable bonds is 7. The molecular weight excluding hydrogens is 460 g/mol. The standard InChI is InChI=1S/C20H21BrN2O7/c1-5-28-20(25)16-10(2)30-19(23)12(8-22)17(16)11-6-13(21)18(14(7-11)26-3)29-9-15(24)27-4/h6-7,17H,5,9,23H2,1-4H3. The first kappa shape index (κ1) is 23.1. The first-order valence-electron chi connectivity index (χ1n) is 8.81. The zero-order valence-electron chi connectivity index (χ0n) is 16.9. The van der Waals surface area contributed by atoms with Crippen LogP contribution < -0.4 is 15.2 Å². The molecule has 0 aliphatic carbocycles. The van der Waals surface area contributed by atoms with Crippen molar-refractivity contribution in [3.8, 4) is 17.6 Å². The summed E-state index contributed by atoms with van der Waals surface area (Å²) < 4.78 is 26.4. The summed E-state index contributed by atoms with van der Waals surface area (Å²) in [4.78, 5) is 24.0. The number of methoxy groups -OCH3 is 2. The van der Waals surface area contributed by atoms with E-state index in [1.54, 1.807) is 26.0 Å². The number of esters is 2. The summed E-state index contributed by atoms with van der Waals surface area (Å²) in [6.07, 6.45) is 0. The number of benzene rings is 1. The number of nitrogens with zero attached hydrogens (tertiary/aromatic N) is 1. The van der Waals surface area contributed by atoms with E-state index in [1.165, 1.54) is 14.2 Å². The lowest BCUT2D eigenvalue weighted by Gasteiger charge is -2.27. The summed E-state index contributed by atoms with van der Waals surface area (Å²) in [5, 5.41) is 9.67. The average molecular weight is 481 g/mol. The third-order valence-corrected chi connectivity index (χ3v) is 4.84. The van der Waals surface area contributed by atoms with Crippen LogP contribution in [0.5, 0.6) is 11.5 Å². The molecule has 1 heterocycles. The summed E-state index contributed by atoms with van der Waals surface area (Å²) in [5.74, 6) is -1.38. The Morgan fingerprint density at radius 1 is 1.33 bits per heavy atom. The monoisotopic (exact) mass is 480 g/mol. The van der Waals surface area contributed by atoms with Gasteiger partial charge in [0.05, 0.1) is 36.8 Å². The second kappa shape index (κ2) is 10.0. The molecule has 0 saturated carbocycles. The molecule has 160 valence electrons. The molecule has 10 heteroatoms. The van der Waals surface area contributed by atoms with Crippen LogP contribution >= 0.6 is 15.9 Å². The number of nitrogens with two attached hydrogens (primary N) is 1. The minimum absolute atomic E-state index is 0.0563. The Balaban J connectivity index is 2.61. The molecule has 0 amide bonds. The molecule has 0 aromatic heterocycles. The molecule has 30 heavy (non-hydrogen) atoms. The van der Waals surface area contributed by atoms with Crippen LogP contribution in [0.2, 0.25) is 0 Å². The summed E-state index contributed by atoms with van der Waals surface area (Å²) in [6.45, 7) is 3.07. The number of ether oxygens (including phenoxy) is 5. The van der Waals surface area contributed by atoms with Gasteiger partial charge in [-0.15, -0.1) is 0 Å². The predicted molar refractivity (Wildman–Crippen MR) is 108 cm³/mol. The molecule has 0 fully saturated rings. The Morgan fingerprint density at radius 2 is 2.03 bits per heavy atom. The van der Waals surface area contributed by atoms with Crippen molar-refractivity contribution in [1.29, 1.82) is 5.26 Å². The van der Waals surface area contributed by atoms with Crippen LogP contribution in [0.4, 0.5) is 0 Å². The maximum absolute atomic E-state index is 12.6. The van der Waals surface area contributed by atoms with Crippen LogP contribution in [0.15, 0.2) is 39.4 Å². The van der Waals surface area contributed by atoms with Gasteiger partial charge in [-0.2, -0.15) is 5.26 Å². The maximum Gasteiger partial charge on any atom is 0.343 e. The molecule has 2 N–H and O–H groups in total. The zero-order chi connectivity index (χ0) is 22.4. The van der Waals surface area contributed by atoms with Crippen molar-refractivity contribution in [1.82, 2.24) is 0 Å². The lowest BCUT2D eigenvalue weighted by molar-refractivity contribution is -0.143. The third kappa shape index (κ3) is 4.68. The van der Waals surface area contributed by atoms with Gasteiger partial charge in [-0.1, -0.05) is 0 Å². The quantitative estimate of drug-likeness (QED) is 0.584. The first-order valence-corrected chi connectivity index (χ1v) is 9.60. The van der Waals surface area contributed by atoms with Crippen molar-refractivity contribution in [2.24, 2.45) is 5.73 Å². The van der Waals surface area contributed by atoms with Crippen molar-refractivity contribution in [3.05, 3.63) is 45.0 Å². The molecule has 1 atom stereocenters. The molecule has 1 aliphatic rings. The van der Waals surface area contributed by atoms with Crippen LogP contribution in [0.1, 0.15) is 25.3 Å². The third-order valence-electron chi connectivity index (χ3n) is 4.25. The van der Waals surface area contributed by atoms with Crippen LogP contribution in [0.3, 0.4) is 0 Å². The molecule has 0 bridgehead atoms. The van der Waals surface area contributed by atoms with E-state index >= 15 is 0 Å². The molecule has 0 spiro atoms. The largest absolute Gasteiger partial charge is 0.493 e. The van der Waals surface area contributed by atoms with E-state index in [1.807, 2.05) is 6.07 Å². The number of allylic oxidation sites excluding steroid dienone is 2. The van der Waals surface area contributed by atoms with Gasteiger partial charge in [-0.05, 0) is 47.5 Å². The highest BCUT2D eigenvalue weighted by atomic mass is 79.9.